The highest BCUT2D eigenvalue weighted by molar-refractivity contribution is 5.99. The van der Waals surface area contributed by atoms with Crippen LogP contribution >= 0.6 is 0 Å². The maximum Gasteiger partial charge on any atom is 0.208 e. The van der Waals surface area contributed by atoms with Crippen molar-refractivity contribution in [2.75, 3.05) is 32.1 Å². The van der Waals surface area contributed by atoms with Crippen LogP contribution in [0.1, 0.15) is 58.9 Å². The van der Waals surface area contributed by atoms with Crippen LogP contribution in [0.3, 0.4) is 0 Å². The van der Waals surface area contributed by atoms with Crippen molar-refractivity contribution in [2.45, 2.75) is 53.4 Å². The topological polar surface area (TPSA) is 54.7 Å². The van der Waals surface area contributed by atoms with Crippen LogP contribution in [-0.4, -0.2) is 36.9 Å². The monoisotopic (exact) mass is 335 g/mol. The molecule has 2 heterocycles. The van der Waals surface area contributed by atoms with Gasteiger partial charge in [0.2, 0.25) is 6.20 Å². The highest BCUT2D eigenvalue weighted by atomic mass is 16.6. The molecule has 1 aromatic heterocycles. The van der Waals surface area contributed by atoms with Gasteiger partial charge < -0.3 is 9.74 Å². The molecule has 0 amide bonds. The summed E-state index contributed by atoms with van der Waals surface area (Å²) in [7, 11) is 0. The lowest BCUT2D eigenvalue weighted by Gasteiger charge is -2.28. The fourth-order valence-electron chi connectivity index (χ4n) is 2.86. The molecule has 0 spiro atoms. The summed E-state index contributed by atoms with van der Waals surface area (Å²) in [6.07, 6.45) is 8.53. The summed E-state index contributed by atoms with van der Waals surface area (Å²) < 4.78 is 1.54. The highest BCUT2D eigenvalue weighted by Crippen LogP contribution is 2.11. The van der Waals surface area contributed by atoms with Gasteiger partial charge in [0.05, 0.1) is 11.3 Å². The number of nitrogens with two attached hydrogens (primary N) is 1. The Morgan fingerprint density at radius 3 is 2.67 bits per heavy atom. The number of nitrogen functional groups attached to an aromatic ring is 1. The maximum atomic E-state index is 5.75. The molecule has 0 aromatic carbocycles. The van der Waals surface area contributed by atoms with E-state index in [9.17, 15) is 0 Å². The Balaban J connectivity index is 0.00000139. The summed E-state index contributed by atoms with van der Waals surface area (Å²) in [4.78, 5) is 8.13. The first-order valence-electron chi connectivity index (χ1n) is 9.37. The molecule has 1 aliphatic heterocycles. The second kappa shape index (κ2) is 11.8. The van der Waals surface area contributed by atoms with Crippen LogP contribution in [-0.2, 0) is 4.84 Å². The lowest BCUT2D eigenvalue weighted by atomic mass is 10.1. The van der Waals surface area contributed by atoms with Crippen molar-refractivity contribution in [1.82, 2.24) is 4.90 Å². The van der Waals surface area contributed by atoms with E-state index in [1.807, 2.05) is 32.2 Å². The van der Waals surface area contributed by atoms with Crippen LogP contribution in [0.15, 0.2) is 29.7 Å². The number of likely N-dealkylation sites (tertiary alicyclic amines) is 1. The molecule has 0 saturated carbocycles. The molecule has 24 heavy (non-hydrogen) atoms. The third kappa shape index (κ3) is 7.30. The number of nitrogens with zero attached hydrogens (tertiary/aromatic N) is 3. The van der Waals surface area contributed by atoms with Gasteiger partial charge >= 0.3 is 0 Å². The number of rotatable bonds is 7. The minimum absolute atomic E-state index is 0.496. The lowest BCUT2D eigenvalue weighted by Crippen LogP contribution is -2.44. The summed E-state index contributed by atoms with van der Waals surface area (Å²) in [6.45, 7) is 12.5. The molecule has 1 aliphatic rings. The van der Waals surface area contributed by atoms with Gasteiger partial charge in [0.1, 0.15) is 6.61 Å². The Morgan fingerprint density at radius 1 is 1.33 bits per heavy atom. The number of piperidine rings is 1. The second-order valence-corrected chi connectivity index (χ2v) is 6.19. The summed E-state index contributed by atoms with van der Waals surface area (Å²) >= 11 is 0. The molecule has 1 atom stereocenters. The van der Waals surface area contributed by atoms with Gasteiger partial charge in [0, 0.05) is 18.5 Å². The van der Waals surface area contributed by atoms with Crippen molar-refractivity contribution < 1.29 is 9.51 Å². The molecule has 1 unspecified atom stereocenters. The van der Waals surface area contributed by atoms with E-state index in [0.717, 1.165) is 24.2 Å². The Kier molecular flexibility index (Phi) is 10.1. The molecule has 1 fully saturated rings. The smallest absolute Gasteiger partial charge is 0.208 e. The summed E-state index contributed by atoms with van der Waals surface area (Å²) in [5.41, 5.74) is 1.95. The molecule has 0 aliphatic carbocycles. The van der Waals surface area contributed by atoms with Crippen molar-refractivity contribution in [3.63, 3.8) is 0 Å². The Labute approximate surface area is 147 Å². The van der Waals surface area contributed by atoms with E-state index in [-0.39, 0.29) is 0 Å². The predicted molar refractivity (Wildman–Crippen MR) is 100 cm³/mol. The average molecular weight is 336 g/mol. The molecule has 0 bridgehead atoms. The van der Waals surface area contributed by atoms with E-state index in [0.29, 0.717) is 12.5 Å². The minimum atomic E-state index is 0.496. The van der Waals surface area contributed by atoms with Gasteiger partial charge in [0.25, 0.3) is 0 Å². The third-order valence-electron chi connectivity index (χ3n) is 4.04. The molecule has 1 aromatic rings. The highest BCUT2D eigenvalue weighted by Gasteiger charge is 2.14. The summed E-state index contributed by atoms with van der Waals surface area (Å²) in [5.74, 6) is 6.24. The van der Waals surface area contributed by atoms with Gasteiger partial charge in [-0.2, -0.15) is 0 Å². The van der Waals surface area contributed by atoms with Crippen molar-refractivity contribution in [2.24, 2.45) is 11.1 Å². The Bertz CT molecular complexity index is 484. The van der Waals surface area contributed by atoms with E-state index in [1.165, 1.54) is 32.4 Å². The minimum Gasteiger partial charge on any atom is -0.395 e. The van der Waals surface area contributed by atoms with Crippen molar-refractivity contribution in [1.29, 1.82) is 0 Å². The molecule has 0 radical (unpaired) electrons. The largest absolute Gasteiger partial charge is 0.395 e. The number of hydrogen-bond acceptors (Lipinski definition) is 4. The molecular weight excluding hydrogens is 300 g/mol. The van der Waals surface area contributed by atoms with Gasteiger partial charge in [0.15, 0.2) is 6.20 Å². The number of aromatic nitrogens is 1. The molecule has 5 nitrogen and oxygen atoms in total. The lowest BCUT2D eigenvalue weighted by molar-refractivity contribution is -0.639. The number of pyridine rings is 1. The van der Waals surface area contributed by atoms with Crippen molar-refractivity contribution in [3.05, 3.63) is 30.1 Å². The number of oxime groups is 1. The first-order valence-corrected chi connectivity index (χ1v) is 9.37. The van der Waals surface area contributed by atoms with Gasteiger partial charge in [-0.25, -0.2) is 5.84 Å². The van der Waals surface area contributed by atoms with E-state index < -0.39 is 0 Å². The van der Waals surface area contributed by atoms with Gasteiger partial charge in [-0.15, -0.1) is 0 Å². The van der Waals surface area contributed by atoms with Crippen LogP contribution in [0, 0.1) is 5.92 Å². The number of hydrogen-bond donors (Lipinski definition) is 1. The quantitative estimate of drug-likeness (QED) is 0.361. The van der Waals surface area contributed by atoms with E-state index in [4.69, 9.17) is 10.7 Å². The van der Waals surface area contributed by atoms with E-state index in [1.54, 1.807) is 10.9 Å². The standard InChI is InChI=1S/C17H29N4O.C2H6/c1-3-17(16-8-7-11-21(18)13-16)19-22-14-15(2)12-20-9-5-4-6-10-20;1-2/h7-8,11,13,15H,3-6,9-10,12,14,18H2,1-2H3;1-2H3/q+1;/b19-17+;. The van der Waals surface area contributed by atoms with E-state index in [2.05, 4.69) is 23.9 Å². The SMILES string of the molecule is CC.CC/C(=N\OCC(C)CN1CCCCC1)c1ccc[n+](N)c1. The molecule has 5 heteroatoms. The molecule has 1 saturated heterocycles. The first kappa shape index (κ1) is 20.4. The zero-order chi connectivity index (χ0) is 17.8. The fraction of sp³-hybridized carbons (Fsp3) is 0.684. The van der Waals surface area contributed by atoms with Crippen LogP contribution in [0.4, 0.5) is 0 Å². The Morgan fingerprint density at radius 2 is 2.04 bits per heavy atom. The van der Waals surface area contributed by atoms with Crippen LogP contribution in [0.2, 0.25) is 0 Å². The van der Waals surface area contributed by atoms with E-state index >= 15 is 0 Å². The predicted octanol–water partition coefficient (Wildman–Crippen LogP) is 2.97. The van der Waals surface area contributed by atoms with Crippen molar-refractivity contribution in [3.8, 4) is 0 Å². The zero-order valence-corrected chi connectivity index (χ0v) is 15.9. The van der Waals surface area contributed by atoms with Crippen LogP contribution in [0.25, 0.3) is 0 Å². The molecule has 136 valence electrons. The first-order chi connectivity index (χ1) is 11.7. The third-order valence-corrected chi connectivity index (χ3v) is 4.04. The maximum absolute atomic E-state index is 5.75. The van der Waals surface area contributed by atoms with Crippen LogP contribution in [0.5, 0.6) is 0 Å². The van der Waals surface area contributed by atoms with Crippen molar-refractivity contribution >= 4 is 5.71 Å². The normalized spacial score (nSPS) is 16.9. The van der Waals surface area contributed by atoms with Gasteiger partial charge in [-0.05, 0) is 38.4 Å². The zero-order valence-electron chi connectivity index (χ0n) is 15.9. The van der Waals surface area contributed by atoms with Gasteiger partial charge in [-0.1, -0.05) is 43.9 Å². The second-order valence-electron chi connectivity index (χ2n) is 6.19. The average Bonchev–Trinajstić information content (AvgIpc) is 2.61. The van der Waals surface area contributed by atoms with Crippen LogP contribution < -0.4 is 10.5 Å². The molecule has 2 rings (SSSR count). The molecule has 2 N–H and O–H groups in total. The van der Waals surface area contributed by atoms with Gasteiger partial charge in [-0.3, -0.25) is 0 Å². The summed E-state index contributed by atoms with van der Waals surface area (Å²) in [5, 5.41) is 4.32. The summed E-state index contributed by atoms with van der Waals surface area (Å²) in [6, 6.07) is 3.92. The molecular formula is C19H35N4O+. The fourth-order valence-corrected chi connectivity index (χ4v) is 2.86. The Hall–Kier alpha value is -1.62.